The Bertz CT molecular complexity index is 957. The Balaban J connectivity index is 1.41. The molecule has 6 rings (SSSR count). The summed E-state index contributed by atoms with van der Waals surface area (Å²) in [5.41, 5.74) is -0.205. The molecule has 0 atom stereocenters. The third-order valence-electron chi connectivity index (χ3n) is 7.14. The first-order valence-electron chi connectivity index (χ1n) is 11.1. The fourth-order valence-electron chi connectivity index (χ4n) is 6.29. The number of carbonyl (C=O) groups is 1. The topological polar surface area (TPSA) is 68.5 Å². The monoisotopic (exact) mass is 395 g/mol. The lowest BCUT2D eigenvalue weighted by atomic mass is 9.53. The molecule has 0 radical (unpaired) electrons. The number of para-hydroxylation sites is 1. The lowest BCUT2D eigenvalue weighted by Crippen LogP contribution is -2.60. The minimum absolute atomic E-state index is 0.0963. The van der Waals surface area contributed by atoms with E-state index < -0.39 is 5.63 Å². The molecule has 1 N–H and O–H groups in total. The summed E-state index contributed by atoms with van der Waals surface area (Å²) in [6.45, 7) is 2.68. The smallest absolute Gasteiger partial charge is 0.349 e. The lowest BCUT2D eigenvalue weighted by molar-refractivity contribution is -0.0167. The molecule has 0 aliphatic heterocycles. The summed E-state index contributed by atoms with van der Waals surface area (Å²) in [4.78, 5) is 25.7. The minimum atomic E-state index is -0.591. The Morgan fingerprint density at radius 2 is 1.86 bits per heavy atom. The van der Waals surface area contributed by atoms with Crippen LogP contribution >= 0.6 is 0 Å². The van der Waals surface area contributed by atoms with E-state index in [0.29, 0.717) is 23.3 Å². The summed E-state index contributed by atoms with van der Waals surface area (Å²) in [5.74, 6) is 2.47. The number of rotatable bonds is 6. The largest absolute Gasteiger partial charge is 0.490 e. The Morgan fingerprint density at radius 3 is 2.52 bits per heavy atom. The van der Waals surface area contributed by atoms with Crippen molar-refractivity contribution in [2.75, 3.05) is 6.61 Å². The van der Waals surface area contributed by atoms with Crippen LogP contribution in [-0.2, 0) is 0 Å². The van der Waals surface area contributed by atoms with E-state index in [2.05, 4.69) is 12.2 Å². The fourth-order valence-corrected chi connectivity index (χ4v) is 6.29. The molecule has 0 saturated heterocycles. The van der Waals surface area contributed by atoms with Crippen LogP contribution in [0, 0.1) is 17.8 Å². The van der Waals surface area contributed by atoms with Gasteiger partial charge in [-0.2, -0.15) is 0 Å². The van der Waals surface area contributed by atoms with Crippen molar-refractivity contribution in [1.29, 1.82) is 0 Å². The number of fused-ring (bicyclic) bond motifs is 1. The second-order valence-electron chi connectivity index (χ2n) is 9.48. The van der Waals surface area contributed by atoms with Gasteiger partial charge in [-0.3, -0.25) is 4.79 Å². The number of carbonyl (C=O) groups excluding carboxylic acids is 1. The number of benzene rings is 1. The van der Waals surface area contributed by atoms with Gasteiger partial charge in [0.15, 0.2) is 11.3 Å². The second kappa shape index (κ2) is 7.19. The number of nitrogens with one attached hydrogen (secondary N) is 1. The molecule has 4 aliphatic carbocycles. The van der Waals surface area contributed by atoms with Gasteiger partial charge in [0.25, 0.3) is 5.91 Å². The van der Waals surface area contributed by atoms with Crippen molar-refractivity contribution in [3.63, 3.8) is 0 Å². The van der Waals surface area contributed by atoms with Crippen molar-refractivity contribution in [3.05, 3.63) is 40.2 Å². The van der Waals surface area contributed by atoms with E-state index in [0.717, 1.165) is 49.9 Å². The first kappa shape index (κ1) is 18.7. The number of hydrogen-bond acceptors (Lipinski definition) is 4. The number of unbranched alkanes of at least 4 members (excludes halogenated alkanes) is 1. The summed E-state index contributed by atoms with van der Waals surface area (Å²) in [7, 11) is 0. The predicted octanol–water partition coefficient (Wildman–Crippen LogP) is 4.67. The number of hydrogen-bond donors (Lipinski definition) is 1. The van der Waals surface area contributed by atoms with E-state index in [1.54, 1.807) is 12.1 Å². The minimum Gasteiger partial charge on any atom is -0.490 e. The van der Waals surface area contributed by atoms with Crippen LogP contribution in [0.15, 0.2) is 33.5 Å². The standard InChI is InChI=1S/C24H29NO4/c1-2-3-7-28-20-6-4-5-18-11-19(23(27)29-21(18)20)22(26)25-24-12-15-8-16(13-24)10-17(9-15)14-24/h4-6,11,15-17H,2-3,7-10,12-14H2,1H3,(H,25,26). The summed E-state index contributed by atoms with van der Waals surface area (Å²) < 4.78 is 11.3. The summed E-state index contributed by atoms with van der Waals surface area (Å²) in [6, 6.07) is 7.18. The molecular weight excluding hydrogens is 366 g/mol. The van der Waals surface area contributed by atoms with Crippen molar-refractivity contribution in [2.45, 2.75) is 63.8 Å². The Labute approximate surface area is 170 Å². The Kier molecular flexibility index (Phi) is 4.64. The summed E-state index contributed by atoms with van der Waals surface area (Å²) >= 11 is 0. The van der Waals surface area contributed by atoms with Crippen LogP contribution in [0.4, 0.5) is 0 Å². The molecule has 2 aromatic rings. The van der Waals surface area contributed by atoms with Gasteiger partial charge in [0.05, 0.1) is 6.61 Å². The van der Waals surface area contributed by atoms with E-state index in [-0.39, 0.29) is 17.0 Å². The third kappa shape index (κ3) is 3.45. The molecule has 4 bridgehead atoms. The van der Waals surface area contributed by atoms with Crippen molar-refractivity contribution in [3.8, 4) is 5.75 Å². The second-order valence-corrected chi connectivity index (χ2v) is 9.48. The van der Waals surface area contributed by atoms with E-state index in [1.807, 2.05) is 12.1 Å². The molecule has 29 heavy (non-hydrogen) atoms. The molecule has 0 unspecified atom stereocenters. The highest BCUT2D eigenvalue weighted by molar-refractivity contribution is 5.97. The molecule has 5 heteroatoms. The van der Waals surface area contributed by atoms with Crippen LogP contribution in [0.25, 0.3) is 11.0 Å². The molecule has 1 aromatic carbocycles. The molecular formula is C24H29NO4. The van der Waals surface area contributed by atoms with E-state index in [1.165, 1.54) is 19.3 Å². The Hall–Kier alpha value is -2.30. The van der Waals surface area contributed by atoms with Crippen LogP contribution in [0.1, 0.15) is 68.6 Å². The maximum atomic E-state index is 13.1. The quantitative estimate of drug-likeness (QED) is 0.570. The van der Waals surface area contributed by atoms with Gasteiger partial charge in [-0.25, -0.2) is 4.79 Å². The molecule has 1 amide bonds. The van der Waals surface area contributed by atoms with Gasteiger partial charge in [0.1, 0.15) is 5.56 Å². The maximum Gasteiger partial charge on any atom is 0.349 e. The summed E-state index contributed by atoms with van der Waals surface area (Å²) in [5, 5.41) is 3.99. The first-order valence-corrected chi connectivity index (χ1v) is 11.1. The van der Waals surface area contributed by atoms with Crippen LogP contribution in [-0.4, -0.2) is 18.1 Å². The summed E-state index contributed by atoms with van der Waals surface area (Å²) in [6.07, 6.45) is 9.07. The molecule has 0 spiro atoms. The van der Waals surface area contributed by atoms with Gasteiger partial charge in [-0.05, 0) is 74.8 Å². The molecule has 4 fully saturated rings. The van der Waals surface area contributed by atoms with Crippen LogP contribution in [0.2, 0.25) is 0 Å². The van der Waals surface area contributed by atoms with Gasteiger partial charge in [-0.1, -0.05) is 25.5 Å². The van der Waals surface area contributed by atoms with Gasteiger partial charge >= 0.3 is 5.63 Å². The zero-order chi connectivity index (χ0) is 20.0. The van der Waals surface area contributed by atoms with Gasteiger partial charge in [0, 0.05) is 10.9 Å². The highest BCUT2D eigenvalue weighted by Gasteiger charge is 2.51. The van der Waals surface area contributed by atoms with Crippen molar-refractivity contribution in [1.82, 2.24) is 5.32 Å². The zero-order valence-corrected chi connectivity index (χ0v) is 17.0. The fraction of sp³-hybridized carbons (Fsp3) is 0.583. The van der Waals surface area contributed by atoms with Crippen LogP contribution < -0.4 is 15.7 Å². The molecule has 4 saturated carbocycles. The van der Waals surface area contributed by atoms with Gasteiger partial charge in [-0.15, -0.1) is 0 Å². The Morgan fingerprint density at radius 1 is 1.17 bits per heavy atom. The molecule has 1 aromatic heterocycles. The van der Waals surface area contributed by atoms with E-state index >= 15 is 0 Å². The number of ether oxygens (including phenoxy) is 1. The van der Waals surface area contributed by atoms with Crippen molar-refractivity contribution in [2.24, 2.45) is 17.8 Å². The average Bonchev–Trinajstić information content (AvgIpc) is 2.66. The van der Waals surface area contributed by atoms with E-state index in [9.17, 15) is 9.59 Å². The molecule has 5 nitrogen and oxygen atoms in total. The number of amides is 1. The normalized spacial score (nSPS) is 29.9. The highest BCUT2D eigenvalue weighted by Crippen LogP contribution is 2.55. The molecule has 4 aliphatic rings. The average molecular weight is 395 g/mol. The lowest BCUT2D eigenvalue weighted by Gasteiger charge is -2.56. The van der Waals surface area contributed by atoms with Gasteiger partial charge < -0.3 is 14.5 Å². The SMILES string of the molecule is CCCCOc1cccc2cc(C(=O)NC34CC5CC(CC(C5)C3)C4)c(=O)oc12. The van der Waals surface area contributed by atoms with E-state index in [4.69, 9.17) is 9.15 Å². The van der Waals surface area contributed by atoms with Gasteiger partial charge in [0.2, 0.25) is 0 Å². The molecule has 1 heterocycles. The zero-order valence-electron chi connectivity index (χ0n) is 17.0. The third-order valence-corrected chi connectivity index (χ3v) is 7.14. The highest BCUT2D eigenvalue weighted by atomic mass is 16.5. The first-order chi connectivity index (χ1) is 14.0. The van der Waals surface area contributed by atoms with Crippen LogP contribution in [0.3, 0.4) is 0 Å². The van der Waals surface area contributed by atoms with Crippen LogP contribution in [0.5, 0.6) is 5.75 Å². The van der Waals surface area contributed by atoms with Crippen molar-refractivity contribution < 1.29 is 13.9 Å². The maximum absolute atomic E-state index is 13.1. The predicted molar refractivity (Wildman–Crippen MR) is 111 cm³/mol. The van der Waals surface area contributed by atoms with Crippen molar-refractivity contribution >= 4 is 16.9 Å². The molecule has 154 valence electrons.